The molecule has 146 valence electrons. The number of anilines is 1. The van der Waals surface area contributed by atoms with Gasteiger partial charge in [0.2, 0.25) is 5.69 Å². The summed E-state index contributed by atoms with van der Waals surface area (Å²) in [6.07, 6.45) is 4.42. The van der Waals surface area contributed by atoms with Crippen molar-refractivity contribution in [2.45, 2.75) is 25.8 Å². The number of hydrogen-bond acceptors (Lipinski definition) is 1. The van der Waals surface area contributed by atoms with Crippen LogP contribution in [-0.4, -0.2) is 37.4 Å². The number of rotatable bonds is 5. The van der Waals surface area contributed by atoms with Gasteiger partial charge in [-0.25, -0.2) is 0 Å². The van der Waals surface area contributed by atoms with E-state index in [1.807, 2.05) is 0 Å². The Morgan fingerprint density at radius 3 is 2.36 bits per heavy atom. The number of hydrogen-bond donors (Lipinski definition) is 3. The largest absolute Gasteiger partial charge is 0.378 e. The molecule has 0 saturated carbocycles. The SMILES string of the molecule is CN(C)c1ccc(C=CC2=[N+](C)c3ccc(C[NH+]=C(N)N)cc3C2(C)C)cc1. The van der Waals surface area contributed by atoms with Gasteiger partial charge in [0.25, 0.3) is 0 Å². The van der Waals surface area contributed by atoms with Gasteiger partial charge in [0.1, 0.15) is 7.05 Å². The Balaban J connectivity index is 1.89. The zero-order valence-corrected chi connectivity index (χ0v) is 17.5. The second kappa shape index (κ2) is 7.50. The van der Waals surface area contributed by atoms with Crippen molar-refractivity contribution in [2.75, 3.05) is 26.0 Å². The Bertz CT molecular complexity index is 959. The van der Waals surface area contributed by atoms with Gasteiger partial charge in [-0.05, 0) is 55.3 Å². The van der Waals surface area contributed by atoms with Crippen LogP contribution in [0.5, 0.6) is 0 Å². The van der Waals surface area contributed by atoms with E-state index in [-0.39, 0.29) is 11.4 Å². The molecule has 0 bridgehead atoms. The maximum Gasteiger partial charge on any atom is 0.339 e. The first-order chi connectivity index (χ1) is 13.2. The molecule has 0 saturated heterocycles. The Morgan fingerprint density at radius 2 is 1.75 bits per heavy atom. The van der Waals surface area contributed by atoms with E-state index < -0.39 is 0 Å². The highest BCUT2D eigenvalue weighted by atomic mass is 15.1. The van der Waals surface area contributed by atoms with E-state index in [1.165, 1.54) is 28.2 Å². The third-order valence-electron chi connectivity index (χ3n) is 5.44. The quantitative estimate of drug-likeness (QED) is 0.418. The molecule has 2 aromatic rings. The fourth-order valence-electron chi connectivity index (χ4n) is 3.76. The summed E-state index contributed by atoms with van der Waals surface area (Å²) < 4.78 is 2.28. The Morgan fingerprint density at radius 1 is 1.07 bits per heavy atom. The van der Waals surface area contributed by atoms with Crippen LogP contribution in [0.25, 0.3) is 6.08 Å². The predicted octanol–water partition coefficient (Wildman–Crippen LogP) is 1.33. The number of benzene rings is 2. The minimum absolute atomic E-state index is 0.0852. The fraction of sp³-hybridized carbons (Fsp3) is 0.304. The van der Waals surface area contributed by atoms with Crippen LogP contribution < -0.4 is 21.4 Å². The highest BCUT2D eigenvalue weighted by molar-refractivity contribution is 6.05. The van der Waals surface area contributed by atoms with E-state index in [2.05, 4.69) is 104 Å². The minimum atomic E-state index is -0.0852. The predicted molar refractivity (Wildman–Crippen MR) is 118 cm³/mol. The van der Waals surface area contributed by atoms with E-state index in [0.717, 1.165) is 5.56 Å². The van der Waals surface area contributed by atoms with Crippen molar-refractivity contribution >= 4 is 29.1 Å². The summed E-state index contributed by atoms with van der Waals surface area (Å²) >= 11 is 0. The molecular weight excluding hydrogens is 346 g/mol. The molecule has 5 heteroatoms. The van der Waals surface area contributed by atoms with Crippen molar-refractivity contribution in [1.29, 1.82) is 0 Å². The van der Waals surface area contributed by atoms with Gasteiger partial charge in [0.15, 0.2) is 5.71 Å². The summed E-state index contributed by atoms with van der Waals surface area (Å²) in [6.45, 7) is 5.16. The maximum atomic E-state index is 5.53. The van der Waals surface area contributed by atoms with Crippen molar-refractivity contribution in [1.82, 2.24) is 0 Å². The Hall–Kier alpha value is -3.08. The van der Waals surface area contributed by atoms with Gasteiger partial charge in [-0.2, -0.15) is 4.58 Å². The molecule has 0 amide bonds. The van der Waals surface area contributed by atoms with Crippen LogP contribution in [0.15, 0.2) is 48.5 Å². The lowest BCUT2D eigenvalue weighted by Gasteiger charge is -2.16. The number of fused-ring (bicyclic) bond motifs is 1. The second-order valence-electron chi connectivity index (χ2n) is 8.05. The molecule has 1 aliphatic heterocycles. The molecule has 2 aromatic carbocycles. The third kappa shape index (κ3) is 3.79. The lowest BCUT2D eigenvalue weighted by Crippen LogP contribution is -2.76. The van der Waals surface area contributed by atoms with Crippen LogP contribution in [0.3, 0.4) is 0 Å². The van der Waals surface area contributed by atoms with Crippen LogP contribution in [-0.2, 0) is 12.0 Å². The first-order valence-corrected chi connectivity index (χ1v) is 9.52. The minimum Gasteiger partial charge on any atom is -0.378 e. The molecule has 3 rings (SSSR count). The molecule has 0 aliphatic carbocycles. The molecule has 28 heavy (non-hydrogen) atoms. The molecule has 1 aliphatic rings. The molecule has 5 nitrogen and oxygen atoms in total. The van der Waals surface area contributed by atoms with Crippen molar-refractivity contribution in [3.05, 3.63) is 65.2 Å². The summed E-state index contributed by atoms with van der Waals surface area (Å²) in [4.78, 5) is 5.10. The molecule has 5 N–H and O–H groups in total. The van der Waals surface area contributed by atoms with Gasteiger partial charge < -0.3 is 4.90 Å². The second-order valence-corrected chi connectivity index (χ2v) is 8.05. The number of nitrogens with one attached hydrogen (secondary N) is 1. The molecule has 0 atom stereocenters. The summed E-state index contributed by atoms with van der Waals surface area (Å²) in [7, 11) is 6.24. The first kappa shape index (κ1) is 19.7. The molecule has 0 fully saturated rings. The van der Waals surface area contributed by atoms with E-state index in [9.17, 15) is 0 Å². The number of allylic oxidation sites excluding steroid dienone is 1. The molecular formula is C23H31N5+2. The van der Waals surface area contributed by atoms with E-state index in [0.29, 0.717) is 6.54 Å². The van der Waals surface area contributed by atoms with Gasteiger partial charge in [0, 0.05) is 37.5 Å². The van der Waals surface area contributed by atoms with Crippen molar-refractivity contribution in [3.8, 4) is 0 Å². The molecule has 0 unspecified atom stereocenters. The topological polar surface area (TPSA) is 72.3 Å². The van der Waals surface area contributed by atoms with E-state index in [4.69, 9.17) is 11.5 Å². The fourth-order valence-corrected chi connectivity index (χ4v) is 3.76. The van der Waals surface area contributed by atoms with Crippen molar-refractivity contribution in [2.24, 2.45) is 11.5 Å². The Labute approximate surface area is 167 Å². The van der Waals surface area contributed by atoms with Crippen LogP contribution in [0.4, 0.5) is 11.4 Å². The van der Waals surface area contributed by atoms with Gasteiger partial charge >= 0.3 is 5.96 Å². The lowest BCUT2D eigenvalue weighted by molar-refractivity contribution is -0.477. The Kier molecular flexibility index (Phi) is 5.27. The van der Waals surface area contributed by atoms with E-state index in [1.54, 1.807) is 0 Å². The van der Waals surface area contributed by atoms with Crippen LogP contribution in [0, 0.1) is 0 Å². The number of guanidine groups is 1. The summed E-state index contributed by atoms with van der Waals surface area (Å²) in [5.74, 6) is 0.243. The number of nitrogens with zero attached hydrogens (tertiary/aromatic N) is 2. The molecule has 1 heterocycles. The normalized spacial score (nSPS) is 15.0. The van der Waals surface area contributed by atoms with Gasteiger partial charge in [0.05, 0.1) is 12.0 Å². The van der Waals surface area contributed by atoms with Crippen LogP contribution >= 0.6 is 0 Å². The number of nitrogens with two attached hydrogens (primary N) is 2. The average molecular weight is 378 g/mol. The summed E-state index contributed by atoms with van der Waals surface area (Å²) in [5.41, 5.74) is 18.4. The van der Waals surface area contributed by atoms with E-state index >= 15 is 0 Å². The van der Waals surface area contributed by atoms with Crippen molar-refractivity contribution in [3.63, 3.8) is 0 Å². The third-order valence-corrected chi connectivity index (χ3v) is 5.44. The zero-order chi connectivity index (χ0) is 20.5. The highest BCUT2D eigenvalue weighted by Crippen LogP contribution is 2.39. The van der Waals surface area contributed by atoms with Gasteiger partial charge in [-0.3, -0.25) is 16.5 Å². The highest BCUT2D eigenvalue weighted by Gasteiger charge is 2.42. The smallest absolute Gasteiger partial charge is 0.339 e. The molecule has 0 radical (unpaired) electrons. The first-order valence-electron chi connectivity index (χ1n) is 9.52. The van der Waals surface area contributed by atoms with Crippen molar-refractivity contribution < 1.29 is 9.57 Å². The lowest BCUT2D eigenvalue weighted by atomic mass is 9.80. The monoisotopic (exact) mass is 377 g/mol. The molecule has 0 aromatic heterocycles. The summed E-state index contributed by atoms with van der Waals surface area (Å²) in [6, 6.07) is 15.1. The van der Waals surface area contributed by atoms with Gasteiger partial charge in [-0.1, -0.05) is 12.1 Å². The van der Waals surface area contributed by atoms with Crippen LogP contribution in [0.1, 0.15) is 30.5 Å². The van der Waals surface area contributed by atoms with Crippen LogP contribution in [0.2, 0.25) is 0 Å². The van der Waals surface area contributed by atoms with Gasteiger partial charge in [-0.15, -0.1) is 0 Å². The zero-order valence-electron chi connectivity index (χ0n) is 17.5. The maximum absolute atomic E-state index is 5.53. The molecule has 0 spiro atoms. The average Bonchev–Trinajstić information content (AvgIpc) is 2.84. The standard InChI is InChI=1S/C23H30N5/c1-23(2)19-14-17(15-26-22(24)25)8-12-20(19)28(5)21(23)13-9-16-6-10-18(11-7-16)27(3)4/h6-14H,15H2,1-5H3,(H4,24,25,26)/q+1/p+1. The summed E-state index contributed by atoms with van der Waals surface area (Å²) in [5, 5.41) is 0.